The fourth-order valence-corrected chi connectivity index (χ4v) is 3.60. The van der Waals surface area contributed by atoms with Gasteiger partial charge in [-0.25, -0.2) is 4.68 Å². The van der Waals surface area contributed by atoms with Crippen molar-refractivity contribution in [2.75, 3.05) is 12.8 Å². The van der Waals surface area contributed by atoms with Crippen molar-refractivity contribution in [2.24, 2.45) is 0 Å². The predicted molar refractivity (Wildman–Crippen MR) is 121 cm³/mol. The summed E-state index contributed by atoms with van der Waals surface area (Å²) in [6.45, 7) is -0.444. The van der Waals surface area contributed by atoms with Crippen molar-refractivity contribution in [3.05, 3.63) is 71.0 Å². The molecular weight excluding hydrogens is 452 g/mol. The van der Waals surface area contributed by atoms with Gasteiger partial charge < -0.3 is 15.4 Å². The summed E-state index contributed by atoms with van der Waals surface area (Å²) in [5, 5.41) is 13.7. The molecule has 0 radical (unpaired) electrons. The van der Waals surface area contributed by atoms with Gasteiger partial charge in [-0.2, -0.15) is 20.5 Å². The van der Waals surface area contributed by atoms with Crippen molar-refractivity contribution < 1.29 is 23.1 Å². The number of nitrogens with zero attached hydrogens (tertiary/aromatic N) is 3. The molecule has 0 saturated heterocycles. The molecule has 8 nitrogen and oxygen atoms in total. The molecule has 1 aromatic heterocycles. The highest BCUT2D eigenvalue weighted by Crippen LogP contribution is 2.19. The van der Waals surface area contributed by atoms with E-state index in [1.165, 1.54) is 23.9 Å². The summed E-state index contributed by atoms with van der Waals surface area (Å²) < 4.78 is 30.8. The van der Waals surface area contributed by atoms with E-state index in [4.69, 9.17) is 0 Å². The third-order valence-electron chi connectivity index (χ3n) is 4.55. The lowest BCUT2D eigenvalue weighted by Crippen LogP contribution is -2.24. The zero-order valence-corrected chi connectivity index (χ0v) is 18.9. The normalized spacial score (nSPS) is 10.8. The summed E-state index contributed by atoms with van der Waals surface area (Å²) in [7, 11) is 0. The van der Waals surface area contributed by atoms with Crippen LogP contribution >= 0.6 is 11.8 Å². The van der Waals surface area contributed by atoms with E-state index in [1.54, 1.807) is 41.1 Å². The van der Waals surface area contributed by atoms with E-state index in [1.807, 2.05) is 13.2 Å². The third-order valence-corrected chi connectivity index (χ3v) is 5.11. The van der Waals surface area contributed by atoms with Crippen molar-refractivity contribution in [1.29, 1.82) is 0 Å². The first kappa shape index (κ1) is 24.2. The largest absolute Gasteiger partial charge is 0.435 e. The highest BCUT2D eigenvalue weighted by molar-refractivity contribution is 7.97. The standard InChI is InChI=1S/C22H23F2N5O3S/c1-3-25-20(30)15-7-9-16(10-8-15)29-18(13-33-2)19(27-28-29)21(31)26-12-14-5-4-6-17(11-14)32-22(23)24/h4-11,22H,3,12-13H2,1-2H3,(H,25,30)(H,26,31). The molecule has 0 unspecified atom stereocenters. The van der Waals surface area contributed by atoms with E-state index >= 15 is 0 Å². The highest BCUT2D eigenvalue weighted by Gasteiger charge is 2.20. The van der Waals surface area contributed by atoms with Crippen LogP contribution in [0.3, 0.4) is 0 Å². The van der Waals surface area contributed by atoms with Crippen LogP contribution in [0.15, 0.2) is 48.5 Å². The number of benzene rings is 2. The monoisotopic (exact) mass is 475 g/mol. The van der Waals surface area contributed by atoms with Crippen LogP contribution in [0, 0.1) is 0 Å². The van der Waals surface area contributed by atoms with Crippen molar-refractivity contribution in [3.63, 3.8) is 0 Å². The van der Waals surface area contributed by atoms with E-state index in [0.29, 0.717) is 34.8 Å². The molecule has 0 aliphatic carbocycles. The maximum absolute atomic E-state index is 12.8. The minimum Gasteiger partial charge on any atom is -0.435 e. The summed E-state index contributed by atoms with van der Waals surface area (Å²) in [4.78, 5) is 24.8. The van der Waals surface area contributed by atoms with Gasteiger partial charge in [-0.05, 0) is 55.1 Å². The van der Waals surface area contributed by atoms with Crippen LogP contribution in [0.2, 0.25) is 0 Å². The topological polar surface area (TPSA) is 98.1 Å². The number of carbonyl (C=O) groups excluding carboxylic acids is 2. The first-order valence-corrected chi connectivity index (χ1v) is 11.5. The zero-order chi connectivity index (χ0) is 23.8. The molecule has 11 heteroatoms. The number of hydrogen-bond acceptors (Lipinski definition) is 6. The Labute approximate surface area is 193 Å². The Morgan fingerprint density at radius 3 is 2.55 bits per heavy atom. The average molecular weight is 476 g/mol. The zero-order valence-electron chi connectivity index (χ0n) is 18.0. The van der Waals surface area contributed by atoms with Crippen LogP contribution in [-0.2, 0) is 12.3 Å². The number of carbonyl (C=O) groups is 2. The Balaban J connectivity index is 1.76. The number of ether oxygens (including phenoxy) is 1. The lowest BCUT2D eigenvalue weighted by molar-refractivity contribution is -0.0498. The van der Waals surface area contributed by atoms with Gasteiger partial charge in [0.1, 0.15) is 5.75 Å². The molecule has 0 fully saturated rings. The van der Waals surface area contributed by atoms with Gasteiger partial charge in [0.05, 0.1) is 11.4 Å². The maximum Gasteiger partial charge on any atom is 0.387 e. The van der Waals surface area contributed by atoms with Crippen molar-refractivity contribution in [2.45, 2.75) is 25.8 Å². The van der Waals surface area contributed by atoms with Crippen molar-refractivity contribution >= 4 is 23.6 Å². The lowest BCUT2D eigenvalue weighted by atomic mass is 10.2. The molecule has 1 heterocycles. The molecule has 0 aliphatic rings. The summed E-state index contributed by atoms with van der Waals surface area (Å²) >= 11 is 1.50. The van der Waals surface area contributed by atoms with Gasteiger partial charge in [0.15, 0.2) is 5.69 Å². The van der Waals surface area contributed by atoms with Gasteiger partial charge in [0.2, 0.25) is 0 Å². The van der Waals surface area contributed by atoms with Gasteiger partial charge >= 0.3 is 6.61 Å². The molecule has 3 aromatic rings. The van der Waals surface area contributed by atoms with Crippen LogP contribution in [0.25, 0.3) is 5.69 Å². The third kappa shape index (κ3) is 6.28. The second-order valence-corrected chi connectivity index (χ2v) is 7.71. The molecule has 33 heavy (non-hydrogen) atoms. The predicted octanol–water partition coefficient (Wildman–Crippen LogP) is 3.41. The summed E-state index contributed by atoms with van der Waals surface area (Å²) in [5.41, 5.74) is 2.54. The minimum absolute atomic E-state index is 0.0156. The van der Waals surface area contributed by atoms with Crippen LogP contribution < -0.4 is 15.4 Å². The Kier molecular flexibility index (Phi) is 8.36. The smallest absolute Gasteiger partial charge is 0.387 e. The van der Waals surface area contributed by atoms with E-state index in [2.05, 4.69) is 25.7 Å². The number of halogens is 2. The fourth-order valence-electron chi connectivity index (χ4n) is 3.07. The van der Waals surface area contributed by atoms with Gasteiger partial charge in [0.25, 0.3) is 11.8 Å². The van der Waals surface area contributed by atoms with Gasteiger partial charge in [0, 0.05) is 24.4 Å². The summed E-state index contributed by atoms with van der Waals surface area (Å²) in [6.07, 6.45) is 1.89. The Morgan fingerprint density at radius 1 is 1.12 bits per heavy atom. The highest BCUT2D eigenvalue weighted by atomic mass is 32.2. The van der Waals surface area contributed by atoms with Gasteiger partial charge in [-0.1, -0.05) is 17.3 Å². The molecule has 2 aromatic carbocycles. The molecular formula is C22H23F2N5O3S. The van der Waals surface area contributed by atoms with E-state index in [-0.39, 0.29) is 23.9 Å². The van der Waals surface area contributed by atoms with Crippen molar-refractivity contribution in [3.8, 4) is 11.4 Å². The van der Waals surface area contributed by atoms with E-state index < -0.39 is 12.5 Å². The van der Waals surface area contributed by atoms with Gasteiger partial charge in [-0.15, -0.1) is 5.10 Å². The molecule has 3 rings (SSSR count). The van der Waals surface area contributed by atoms with Crippen LogP contribution in [0.1, 0.15) is 39.0 Å². The fraction of sp³-hybridized carbons (Fsp3) is 0.273. The summed E-state index contributed by atoms with van der Waals surface area (Å²) in [5.74, 6) is -0.118. The van der Waals surface area contributed by atoms with Crippen LogP contribution in [0.4, 0.5) is 8.78 Å². The van der Waals surface area contributed by atoms with E-state index in [9.17, 15) is 18.4 Å². The Hall–Kier alpha value is -3.47. The number of aromatic nitrogens is 3. The number of amides is 2. The first-order valence-electron chi connectivity index (χ1n) is 10.1. The second kappa shape index (κ2) is 11.4. The Bertz CT molecular complexity index is 1110. The first-order chi connectivity index (χ1) is 15.9. The number of nitrogens with one attached hydrogen (secondary N) is 2. The number of thioether (sulfide) groups is 1. The number of rotatable bonds is 10. The maximum atomic E-state index is 12.8. The molecule has 0 saturated carbocycles. The molecule has 0 atom stereocenters. The molecule has 2 amide bonds. The summed E-state index contributed by atoms with van der Waals surface area (Å²) in [6, 6.07) is 12.9. The SMILES string of the molecule is CCNC(=O)c1ccc(-n2nnc(C(=O)NCc3cccc(OC(F)F)c3)c2CSC)cc1. The second-order valence-electron chi connectivity index (χ2n) is 6.84. The minimum atomic E-state index is -2.92. The number of alkyl halides is 2. The van der Waals surface area contributed by atoms with Gasteiger partial charge in [-0.3, -0.25) is 9.59 Å². The molecule has 2 N–H and O–H groups in total. The van der Waals surface area contributed by atoms with Crippen molar-refractivity contribution in [1.82, 2.24) is 25.6 Å². The lowest BCUT2D eigenvalue weighted by Gasteiger charge is -2.09. The molecule has 0 bridgehead atoms. The van der Waals surface area contributed by atoms with Crippen LogP contribution in [0.5, 0.6) is 5.75 Å². The average Bonchev–Trinajstić information content (AvgIpc) is 3.21. The molecule has 174 valence electrons. The van der Waals surface area contributed by atoms with Crippen LogP contribution in [-0.4, -0.2) is 46.2 Å². The quantitative estimate of drug-likeness (QED) is 0.466. The Morgan fingerprint density at radius 2 is 1.88 bits per heavy atom. The van der Waals surface area contributed by atoms with E-state index in [0.717, 1.165) is 0 Å². The number of hydrogen-bond donors (Lipinski definition) is 2. The molecule has 0 aliphatic heterocycles. The molecule has 0 spiro atoms.